The molecule has 7 nitrogen and oxygen atoms in total. The Balaban J connectivity index is 1.48. The number of thiophene rings is 1. The number of nitrogens with one attached hydrogen (secondary N) is 2. The molecule has 2 aliphatic rings. The minimum atomic E-state index is -4.63. The Hall–Kier alpha value is -2.56. The van der Waals surface area contributed by atoms with E-state index in [4.69, 9.17) is 9.47 Å². The number of amides is 2. The van der Waals surface area contributed by atoms with Gasteiger partial charge in [0.1, 0.15) is 12.2 Å². The van der Waals surface area contributed by atoms with Crippen LogP contribution in [0.4, 0.5) is 18.0 Å². The SMILES string of the molecule is CNC(=O)c1csc2c(C(F)(F)F)c(C)c(O[C@H]3C[C@@H](NC(=O)O[C@@H](C)C4CC4)C3)nc12. The van der Waals surface area contributed by atoms with Crippen LogP contribution >= 0.6 is 11.3 Å². The van der Waals surface area contributed by atoms with Crippen molar-refractivity contribution < 1.29 is 32.2 Å². The summed E-state index contributed by atoms with van der Waals surface area (Å²) >= 11 is 0.831. The van der Waals surface area contributed by atoms with Crippen molar-refractivity contribution >= 4 is 33.6 Å². The Morgan fingerprint density at radius 1 is 1.28 bits per heavy atom. The Morgan fingerprint density at radius 3 is 2.56 bits per heavy atom. The van der Waals surface area contributed by atoms with Crippen LogP contribution in [0.5, 0.6) is 5.88 Å². The number of alkyl halides is 3. The van der Waals surface area contributed by atoms with Crippen LogP contribution in [0.15, 0.2) is 5.38 Å². The minimum Gasteiger partial charge on any atom is -0.474 e. The molecule has 2 heterocycles. The summed E-state index contributed by atoms with van der Waals surface area (Å²) in [6.45, 7) is 3.18. The van der Waals surface area contributed by atoms with Gasteiger partial charge in [-0.1, -0.05) is 0 Å². The van der Waals surface area contributed by atoms with Gasteiger partial charge in [-0.2, -0.15) is 13.2 Å². The Bertz CT molecular complexity index is 1050. The quantitative estimate of drug-likeness (QED) is 0.651. The molecule has 2 aliphatic carbocycles. The van der Waals surface area contributed by atoms with Crippen LogP contribution < -0.4 is 15.4 Å². The fraction of sp³-hybridized carbons (Fsp3) is 0.571. The molecule has 2 saturated carbocycles. The van der Waals surface area contributed by atoms with Crippen LogP contribution in [0, 0.1) is 12.8 Å². The van der Waals surface area contributed by atoms with Crippen molar-refractivity contribution in [2.24, 2.45) is 5.92 Å². The molecule has 174 valence electrons. The van der Waals surface area contributed by atoms with Gasteiger partial charge in [0, 0.05) is 36.9 Å². The van der Waals surface area contributed by atoms with Crippen molar-refractivity contribution in [3.8, 4) is 5.88 Å². The van der Waals surface area contributed by atoms with Gasteiger partial charge in [0.25, 0.3) is 5.91 Å². The van der Waals surface area contributed by atoms with Gasteiger partial charge < -0.3 is 20.1 Å². The molecule has 1 atom stereocenters. The maximum atomic E-state index is 13.8. The summed E-state index contributed by atoms with van der Waals surface area (Å²) in [5.41, 5.74) is -0.925. The number of alkyl carbamates (subject to hydrolysis) is 1. The zero-order valence-corrected chi connectivity index (χ0v) is 18.7. The van der Waals surface area contributed by atoms with Gasteiger partial charge in [0.05, 0.1) is 21.3 Å². The number of pyridine rings is 1. The summed E-state index contributed by atoms with van der Waals surface area (Å²) in [5, 5.41) is 6.54. The Morgan fingerprint density at radius 2 is 1.97 bits per heavy atom. The van der Waals surface area contributed by atoms with Crippen molar-refractivity contribution in [3.63, 3.8) is 0 Å². The topological polar surface area (TPSA) is 89.6 Å². The molecular weight excluding hydrogens is 447 g/mol. The van der Waals surface area contributed by atoms with Crippen molar-refractivity contribution in [1.82, 2.24) is 15.6 Å². The highest BCUT2D eigenvalue weighted by Gasteiger charge is 2.40. The van der Waals surface area contributed by atoms with Crippen LogP contribution in [0.3, 0.4) is 0 Å². The van der Waals surface area contributed by atoms with E-state index in [1.165, 1.54) is 19.4 Å². The van der Waals surface area contributed by atoms with Crippen molar-refractivity contribution in [1.29, 1.82) is 0 Å². The number of hydrogen-bond donors (Lipinski definition) is 2. The summed E-state index contributed by atoms with van der Waals surface area (Å²) in [5.74, 6) is -0.234. The second kappa shape index (κ2) is 8.42. The molecule has 2 aromatic heterocycles. The normalized spacial score (nSPS) is 21.6. The maximum absolute atomic E-state index is 13.8. The molecule has 11 heteroatoms. The average molecular weight is 472 g/mol. The molecule has 4 rings (SSSR count). The van der Waals surface area contributed by atoms with E-state index in [1.54, 1.807) is 0 Å². The third-order valence-corrected chi connectivity index (χ3v) is 6.92. The Kier molecular flexibility index (Phi) is 5.95. The van der Waals surface area contributed by atoms with Crippen molar-refractivity contribution in [3.05, 3.63) is 22.1 Å². The highest BCUT2D eigenvalue weighted by Crippen LogP contribution is 2.43. The third kappa shape index (κ3) is 4.48. The van der Waals surface area contributed by atoms with Gasteiger partial charge in [0.15, 0.2) is 0 Å². The lowest BCUT2D eigenvalue weighted by Gasteiger charge is -2.35. The van der Waals surface area contributed by atoms with Crippen molar-refractivity contribution in [2.45, 2.75) is 64.0 Å². The van der Waals surface area contributed by atoms with E-state index in [1.807, 2.05) is 6.92 Å². The van der Waals surface area contributed by atoms with Crippen LogP contribution in [-0.2, 0) is 10.9 Å². The molecule has 2 fully saturated rings. The van der Waals surface area contributed by atoms with Crippen LogP contribution in [0.25, 0.3) is 10.2 Å². The lowest BCUT2D eigenvalue weighted by Crippen LogP contribution is -2.49. The van der Waals surface area contributed by atoms with Crippen LogP contribution in [0.2, 0.25) is 0 Å². The minimum absolute atomic E-state index is 0.0334. The number of carbonyl (C=O) groups is 2. The molecule has 2 amide bonds. The summed E-state index contributed by atoms with van der Waals surface area (Å²) in [6.07, 6.45) is -2.64. The number of ether oxygens (including phenoxy) is 2. The zero-order valence-electron chi connectivity index (χ0n) is 17.8. The number of nitrogens with zero attached hydrogens (tertiary/aromatic N) is 1. The molecular formula is C21H24F3N3O4S. The predicted molar refractivity (Wildman–Crippen MR) is 112 cm³/mol. The first-order valence-electron chi connectivity index (χ1n) is 10.4. The standard InChI is InChI=1S/C21H24F3N3O4S/c1-9-15(21(22,23)24)17-16(14(8-32-17)18(28)25-3)27-19(9)31-13-6-12(7-13)26-20(29)30-10(2)11-4-5-11/h8,10-13H,4-7H2,1-3H3,(H,25,28)(H,26,29)/t10-,12-,13+/m0/s1. The lowest BCUT2D eigenvalue weighted by molar-refractivity contribution is -0.136. The number of halogens is 3. The molecule has 0 saturated heterocycles. The average Bonchev–Trinajstić information content (AvgIpc) is 3.46. The zero-order chi connectivity index (χ0) is 23.2. The predicted octanol–water partition coefficient (Wildman–Crippen LogP) is 4.42. The van der Waals surface area contributed by atoms with Gasteiger partial charge in [-0.25, -0.2) is 9.78 Å². The molecule has 2 N–H and O–H groups in total. The van der Waals surface area contributed by atoms with E-state index < -0.39 is 29.8 Å². The third-order valence-electron chi connectivity index (χ3n) is 5.93. The molecule has 0 spiro atoms. The first-order chi connectivity index (χ1) is 15.1. The number of hydrogen-bond acceptors (Lipinski definition) is 6. The van der Waals surface area contributed by atoms with Crippen LogP contribution in [-0.4, -0.2) is 42.3 Å². The van der Waals surface area contributed by atoms with E-state index in [2.05, 4.69) is 15.6 Å². The van der Waals surface area contributed by atoms with E-state index in [0.717, 1.165) is 24.2 Å². The van der Waals surface area contributed by atoms with E-state index in [9.17, 15) is 22.8 Å². The highest BCUT2D eigenvalue weighted by atomic mass is 32.1. The molecule has 0 aromatic carbocycles. The number of carbonyl (C=O) groups excluding carboxylic acids is 2. The molecule has 0 radical (unpaired) electrons. The van der Waals surface area contributed by atoms with Gasteiger partial charge in [0.2, 0.25) is 5.88 Å². The van der Waals surface area contributed by atoms with E-state index in [-0.39, 0.29) is 39.4 Å². The summed E-state index contributed by atoms with van der Waals surface area (Å²) in [4.78, 5) is 28.3. The fourth-order valence-corrected chi connectivity index (χ4v) is 4.93. The summed E-state index contributed by atoms with van der Waals surface area (Å²) in [7, 11) is 1.40. The first-order valence-corrected chi connectivity index (χ1v) is 11.3. The van der Waals surface area contributed by atoms with Gasteiger partial charge in [-0.05, 0) is 32.6 Å². The van der Waals surface area contributed by atoms with E-state index in [0.29, 0.717) is 18.8 Å². The summed E-state index contributed by atoms with van der Waals surface area (Å²) < 4.78 is 52.5. The van der Waals surface area contributed by atoms with Gasteiger partial charge >= 0.3 is 12.3 Å². The fourth-order valence-electron chi connectivity index (χ4n) is 3.82. The lowest BCUT2D eigenvalue weighted by atomic mass is 9.89. The second-order valence-corrected chi connectivity index (χ2v) is 9.20. The number of fused-ring (bicyclic) bond motifs is 1. The van der Waals surface area contributed by atoms with E-state index >= 15 is 0 Å². The largest absolute Gasteiger partial charge is 0.474 e. The smallest absolute Gasteiger partial charge is 0.418 e. The first kappa shape index (κ1) is 22.6. The molecule has 32 heavy (non-hydrogen) atoms. The molecule has 0 unspecified atom stereocenters. The second-order valence-electron chi connectivity index (χ2n) is 8.32. The molecule has 2 aromatic rings. The van der Waals surface area contributed by atoms with Gasteiger partial charge in [-0.3, -0.25) is 4.79 Å². The summed E-state index contributed by atoms with van der Waals surface area (Å²) in [6, 6.07) is -0.174. The Labute approximate surface area is 186 Å². The monoisotopic (exact) mass is 471 g/mol. The highest BCUT2D eigenvalue weighted by molar-refractivity contribution is 7.17. The molecule has 0 bridgehead atoms. The maximum Gasteiger partial charge on any atom is 0.418 e. The number of rotatable bonds is 6. The molecule has 0 aliphatic heterocycles. The number of aromatic nitrogens is 1. The van der Waals surface area contributed by atoms with Crippen molar-refractivity contribution in [2.75, 3.05) is 7.05 Å². The van der Waals surface area contributed by atoms with Crippen LogP contribution in [0.1, 0.15) is 54.1 Å². The van der Waals surface area contributed by atoms with Gasteiger partial charge in [-0.15, -0.1) is 11.3 Å².